The largest absolute Gasteiger partial charge is 0.350 e. The predicted molar refractivity (Wildman–Crippen MR) is 106 cm³/mol. The molecule has 2 aliphatic rings. The molecule has 3 N–H and O–H groups in total. The first-order chi connectivity index (χ1) is 14.2. The standard InChI is InChI=1S/C21H22N6O2/c28-20(15-10-23-19-18(15)26-16(11-24-19)13-3-4-13)27-17(14-5-6-14)21(29)25-9-12-2-1-7-22-8-12/h1-2,7-8,10-11,13-14,17H,3-6,9H2,(H,23,24)(H,25,29)(H,27,28). The number of H-pyrrole nitrogens is 1. The molecule has 3 aromatic heterocycles. The van der Waals surface area contributed by atoms with Crippen LogP contribution in [0.2, 0.25) is 0 Å². The van der Waals surface area contributed by atoms with Gasteiger partial charge in [-0.2, -0.15) is 0 Å². The van der Waals surface area contributed by atoms with E-state index in [1.54, 1.807) is 24.8 Å². The van der Waals surface area contributed by atoms with E-state index in [0.29, 0.717) is 29.2 Å². The van der Waals surface area contributed by atoms with E-state index in [4.69, 9.17) is 0 Å². The zero-order valence-corrected chi connectivity index (χ0v) is 15.9. The van der Waals surface area contributed by atoms with Crippen molar-refractivity contribution in [2.45, 2.75) is 44.2 Å². The van der Waals surface area contributed by atoms with Crippen molar-refractivity contribution >= 4 is 23.0 Å². The van der Waals surface area contributed by atoms with Crippen LogP contribution < -0.4 is 10.6 Å². The van der Waals surface area contributed by atoms with Crippen LogP contribution in [0.5, 0.6) is 0 Å². The minimum absolute atomic E-state index is 0.172. The Morgan fingerprint density at radius 3 is 2.79 bits per heavy atom. The van der Waals surface area contributed by atoms with Gasteiger partial charge in [0.25, 0.3) is 5.91 Å². The van der Waals surface area contributed by atoms with Crippen LogP contribution in [0.25, 0.3) is 11.2 Å². The molecule has 0 aromatic carbocycles. The van der Waals surface area contributed by atoms with Crippen molar-refractivity contribution in [1.29, 1.82) is 0 Å². The summed E-state index contributed by atoms with van der Waals surface area (Å²) < 4.78 is 0. The van der Waals surface area contributed by atoms with Gasteiger partial charge in [-0.1, -0.05) is 6.07 Å². The molecule has 2 amide bonds. The van der Waals surface area contributed by atoms with Gasteiger partial charge in [0.2, 0.25) is 5.91 Å². The number of hydrogen-bond acceptors (Lipinski definition) is 5. The highest BCUT2D eigenvalue weighted by atomic mass is 16.2. The quantitative estimate of drug-likeness (QED) is 0.572. The van der Waals surface area contributed by atoms with Gasteiger partial charge in [-0.15, -0.1) is 0 Å². The van der Waals surface area contributed by atoms with Gasteiger partial charge in [0.1, 0.15) is 11.6 Å². The monoisotopic (exact) mass is 390 g/mol. The van der Waals surface area contributed by atoms with Crippen molar-refractivity contribution in [3.8, 4) is 0 Å². The number of amides is 2. The SMILES string of the molecule is O=C(NC(C(=O)NCc1cccnc1)C1CC1)c1c[nH]c2ncc(C3CC3)nc12. The molecule has 0 saturated heterocycles. The number of carbonyl (C=O) groups excluding carboxylic acids is 2. The zero-order chi connectivity index (χ0) is 19.8. The van der Waals surface area contributed by atoms with Gasteiger partial charge in [0.05, 0.1) is 17.5 Å². The molecule has 29 heavy (non-hydrogen) atoms. The van der Waals surface area contributed by atoms with Crippen molar-refractivity contribution in [2.24, 2.45) is 5.92 Å². The van der Waals surface area contributed by atoms with Crippen molar-refractivity contribution < 1.29 is 9.59 Å². The molecule has 3 heterocycles. The highest BCUT2D eigenvalue weighted by molar-refractivity contribution is 6.06. The molecule has 2 fully saturated rings. The Labute approximate surface area is 167 Å². The maximum absolute atomic E-state index is 12.9. The van der Waals surface area contributed by atoms with Gasteiger partial charge in [0.15, 0.2) is 5.65 Å². The van der Waals surface area contributed by atoms with Crippen molar-refractivity contribution in [1.82, 2.24) is 30.6 Å². The van der Waals surface area contributed by atoms with Crippen LogP contribution in [0.15, 0.2) is 36.9 Å². The molecule has 2 saturated carbocycles. The minimum atomic E-state index is -0.552. The summed E-state index contributed by atoms with van der Waals surface area (Å²) >= 11 is 0. The van der Waals surface area contributed by atoms with Gasteiger partial charge in [-0.05, 0) is 43.2 Å². The molecule has 0 radical (unpaired) electrons. The van der Waals surface area contributed by atoms with Crippen molar-refractivity contribution in [3.63, 3.8) is 0 Å². The van der Waals surface area contributed by atoms with Crippen LogP contribution in [0.3, 0.4) is 0 Å². The van der Waals surface area contributed by atoms with Gasteiger partial charge < -0.3 is 15.6 Å². The fourth-order valence-electron chi connectivity index (χ4n) is 3.50. The molecule has 148 valence electrons. The van der Waals surface area contributed by atoms with E-state index in [-0.39, 0.29) is 17.7 Å². The summed E-state index contributed by atoms with van der Waals surface area (Å²) in [5.41, 5.74) is 3.43. The average Bonchev–Trinajstić information content (AvgIpc) is 3.67. The topological polar surface area (TPSA) is 113 Å². The second-order valence-electron chi connectivity index (χ2n) is 7.84. The summed E-state index contributed by atoms with van der Waals surface area (Å²) in [7, 11) is 0. The predicted octanol–water partition coefficient (Wildman–Crippen LogP) is 2.06. The first-order valence-electron chi connectivity index (χ1n) is 10.0. The molecular weight excluding hydrogens is 368 g/mol. The third kappa shape index (κ3) is 3.83. The first-order valence-corrected chi connectivity index (χ1v) is 10.0. The van der Waals surface area contributed by atoms with Crippen LogP contribution >= 0.6 is 0 Å². The Bertz CT molecular complexity index is 1060. The number of rotatable bonds is 7. The van der Waals surface area contributed by atoms with Crippen LogP contribution in [0, 0.1) is 5.92 Å². The highest BCUT2D eigenvalue weighted by Gasteiger charge is 2.37. The Hall–Kier alpha value is -3.29. The molecule has 0 bridgehead atoms. The van der Waals surface area contributed by atoms with E-state index >= 15 is 0 Å². The fourth-order valence-corrected chi connectivity index (χ4v) is 3.50. The van der Waals surface area contributed by atoms with Crippen molar-refractivity contribution in [2.75, 3.05) is 0 Å². The van der Waals surface area contributed by atoms with E-state index < -0.39 is 6.04 Å². The molecule has 1 atom stereocenters. The first kappa shape index (κ1) is 17.8. The van der Waals surface area contributed by atoms with Crippen molar-refractivity contribution in [3.05, 3.63) is 53.7 Å². The minimum Gasteiger partial charge on any atom is -0.350 e. The van der Waals surface area contributed by atoms with E-state index in [2.05, 4.69) is 30.6 Å². The molecule has 2 aliphatic carbocycles. The van der Waals surface area contributed by atoms with E-state index in [1.165, 1.54) is 0 Å². The molecular formula is C21H22N6O2. The van der Waals surface area contributed by atoms with E-state index in [0.717, 1.165) is 36.9 Å². The van der Waals surface area contributed by atoms with Gasteiger partial charge in [-0.25, -0.2) is 9.97 Å². The zero-order valence-electron chi connectivity index (χ0n) is 15.9. The maximum Gasteiger partial charge on any atom is 0.255 e. The Morgan fingerprint density at radius 2 is 2.07 bits per heavy atom. The number of aromatic nitrogens is 4. The Kier molecular flexibility index (Phi) is 4.46. The number of nitrogens with zero attached hydrogens (tertiary/aromatic N) is 3. The summed E-state index contributed by atoms with van der Waals surface area (Å²) in [4.78, 5) is 41.8. The maximum atomic E-state index is 12.9. The molecule has 0 aliphatic heterocycles. The van der Waals surface area contributed by atoms with E-state index in [1.807, 2.05) is 12.1 Å². The molecule has 5 rings (SSSR count). The summed E-state index contributed by atoms with van der Waals surface area (Å²) in [6.45, 7) is 0.384. The Morgan fingerprint density at radius 1 is 1.21 bits per heavy atom. The lowest BCUT2D eigenvalue weighted by Crippen LogP contribution is -2.47. The van der Waals surface area contributed by atoms with E-state index in [9.17, 15) is 9.59 Å². The summed E-state index contributed by atoms with van der Waals surface area (Å²) in [5, 5.41) is 5.83. The number of carbonyl (C=O) groups is 2. The summed E-state index contributed by atoms with van der Waals surface area (Å²) in [5.74, 6) is 0.155. The number of aromatic amines is 1. The average molecular weight is 390 g/mol. The van der Waals surface area contributed by atoms with Crippen LogP contribution in [-0.2, 0) is 11.3 Å². The second-order valence-corrected chi connectivity index (χ2v) is 7.84. The lowest BCUT2D eigenvalue weighted by molar-refractivity contribution is -0.123. The summed E-state index contributed by atoms with van der Waals surface area (Å²) in [6, 6.07) is 3.18. The third-order valence-corrected chi connectivity index (χ3v) is 5.49. The van der Waals surface area contributed by atoms with Crippen LogP contribution in [0.4, 0.5) is 0 Å². The molecule has 1 unspecified atom stereocenters. The number of hydrogen-bond donors (Lipinski definition) is 3. The molecule has 8 heteroatoms. The van der Waals surface area contributed by atoms with Gasteiger partial charge in [0, 0.05) is 31.1 Å². The second kappa shape index (κ2) is 7.27. The fraction of sp³-hybridized carbons (Fsp3) is 0.381. The van der Waals surface area contributed by atoms with Crippen LogP contribution in [0.1, 0.15) is 53.2 Å². The lowest BCUT2D eigenvalue weighted by atomic mass is 10.1. The van der Waals surface area contributed by atoms with Gasteiger partial charge in [-0.3, -0.25) is 14.6 Å². The number of fused-ring (bicyclic) bond motifs is 1. The normalized spacial score (nSPS) is 17.1. The smallest absolute Gasteiger partial charge is 0.255 e. The van der Waals surface area contributed by atoms with Gasteiger partial charge >= 0.3 is 0 Å². The molecule has 0 spiro atoms. The molecule has 8 nitrogen and oxygen atoms in total. The number of pyridine rings is 1. The summed E-state index contributed by atoms with van der Waals surface area (Å²) in [6.07, 6.45) is 10.9. The third-order valence-electron chi connectivity index (χ3n) is 5.49. The lowest BCUT2D eigenvalue weighted by Gasteiger charge is -2.17. The Balaban J connectivity index is 1.30. The van der Waals surface area contributed by atoms with Crippen LogP contribution in [-0.4, -0.2) is 37.8 Å². The highest BCUT2D eigenvalue weighted by Crippen LogP contribution is 2.39. The number of nitrogens with one attached hydrogen (secondary N) is 3. The molecule has 3 aromatic rings.